The molecule has 1 atom stereocenters. The summed E-state index contributed by atoms with van der Waals surface area (Å²) >= 11 is 3.03. The first-order chi connectivity index (χ1) is 13.6. The molecule has 28 heavy (non-hydrogen) atoms. The number of rotatable bonds is 6. The van der Waals surface area contributed by atoms with E-state index in [1.165, 1.54) is 34.2 Å². The molecule has 9 heteroatoms. The molecule has 142 valence electrons. The maximum Gasteiger partial charge on any atom is 0.240 e. The third-order valence-corrected chi connectivity index (χ3v) is 6.18. The van der Waals surface area contributed by atoms with Crippen LogP contribution in [0.1, 0.15) is 29.2 Å². The van der Waals surface area contributed by atoms with Crippen LogP contribution in [-0.2, 0) is 0 Å². The molecule has 0 aliphatic heterocycles. The molecule has 0 saturated heterocycles. The third kappa shape index (κ3) is 4.20. The van der Waals surface area contributed by atoms with E-state index in [1.807, 2.05) is 25.1 Å². The van der Waals surface area contributed by atoms with E-state index in [9.17, 15) is 0 Å². The Morgan fingerprint density at radius 2 is 1.89 bits per heavy atom. The highest BCUT2D eigenvalue weighted by molar-refractivity contribution is 8.01. The maximum absolute atomic E-state index is 5.42. The molecule has 0 aliphatic rings. The van der Waals surface area contributed by atoms with Gasteiger partial charge in [-0.15, -0.1) is 10.2 Å². The van der Waals surface area contributed by atoms with Crippen LogP contribution in [0.3, 0.4) is 0 Å². The lowest BCUT2D eigenvalue weighted by Crippen LogP contribution is -1.91. The molecule has 0 fully saturated rings. The second-order valence-corrected chi connectivity index (χ2v) is 8.81. The van der Waals surface area contributed by atoms with Crippen LogP contribution in [0, 0.1) is 13.8 Å². The molecule has 0 radical (unpaired) electrons. The quantitative estimate of drug-likeness (QED) is 0.434. The lowest BCUT2D eigenvalue weighted by atomic mass is 10.1. The van der Waals surface area contributed by atoms with Gasteiger partial charge in [-0.3, -0.25) is 4.98 Å². The van der Waals surface area contributed by atoms with Crippen LogP contribution < -0.4 is 5.32 Å². The Balaban J connectivity index is 1.42. The second kappa shape index (κ2) is 8.07. The first-order valence-electron chi connectivity index (χ1n) is 8.67. The Kier molecular flexibility index (Phi) is 5.36. The van der Waals surface area contributed by atoms with Crippen LogP contribution in [0.4, 0.5) is 10.8 Å². The van der Waals surface area contributed by atoms with Crippen molar-refractivity contribution in [3.05, 3.63) is 59.7 Å². The Hall–Kier alpha value is -2.78. The van der Waals surface area contributed by atoms with E-state index in [0.29, 0.717) is 11.7 Å². The highest BCUT2D eigenvalue weighted by atomic mass is 32.2. The summed E-state index contributed by atoms with van der Waals surface area (Å²) in [5, 5.41) is 16.6. The molecule has 4 rings (SSSR count). The van der Waals surface area contributed by atoms with Gasteiger partial charge in [-0.1, -0.05) is 34.3 Å². The van der Waals surface area contributed by atoms with Gasteiger partial charge in [0.25, 0.3) is 0 Å². The number of benzene rings is 1. The summed E-state index contributed by atoms with van der Waals surface area (Å²) in [6, 6.07) is 9.93. The average molecular weight is 411 g/mol. The van der Waals surface area contributed by atoms with Crippen LogP contribution in [0.5, 0.6) is 0 Å². The molecule has 0 amide bonds. The number of thioether (sulfide) groups is 1. The Labute approximate surface area is 170 Å². The topological polar surface area (TPSA) is 89.6 Å². The van der Waals surface area contributed by atoms with Crippen LogP contribution >= 0.6 is 23.1 Å². The van der Waals surface area contributed by atoms with E-state index in [4.69, 9.17) is 4.52 Å². The van der Waals surface area contributed by atoms with Crippen LogP contribution in [-0.4, -0.2) is 25.3 Å². The zero-order valence-corrected chi connectivity index (χ0v) is 17.2. The van der Waals surface area contributed by atoms with Gasteiger partial charge in [0, 0.05) is 23.6 Å². The van der Waals surface area contributed by atoms with Crippen molar-refractivity contribution in [1.29, 1.82) is 0 Å². The van der Waals surface area contributed by atoms with E-state index in [-0.39, 0.29) is 5.25 Å². The van der Waals surface area contributed by atoms with E-state index < -0.39 is 0 Å². The molecule has 4 aromatic rings. The van der Waals surface area contributed by atoms with Crippen molar-refractivity contribution in [2.45, 2.75) is 30.4 Å². The number of anilines is 2. The largest absolute Gasteiger partial charge is 0.338 e. The third-order valence-electron chi connectivity index (χ3n) is 4.17. The van der Waals surface area contributed by atoms with E-state index >= 15 is 0 Å². The number of nitrogens with zero attached hydrogens (tertiary/aromatic N) is 5. The summed E-state index contributed by atoms with van der Waals surface area (Å²) in [7, 11) is 0. The van der Waals surface area contributed by atoms with Crippen molar-refractivity contribution in [3.63, 3.8) is 0 Å². The fourth-order valence-corrected chi connectivity index (χ4v) is 4.42. The van der Waals surface area contributed by atoms with E-state index in [2.05, 4.69) is 56.6 Å². The molecular weight excluding hydrogens is 392 g/mol. The molecule has 0 aliphatic carbocycles. The predicted octanol–water partition coefficient (Wildman–Crippen LogP) is 5.20. The number of nitrogens with one attached hydrogen (secondary N) is 1. The second-order valence-electron chi connectivity index (χ2n) is 6.25. The Bertz CT molecular complexity index is 1080. The van der Waals surface area contributed by atoms with Crippen molar-refractivity contribution in [1.82, 2.24) is 25.3 Å². The highest BCUT2D eigenvalue weighted by Crippen LogP contribution is 2.37. The van der Waals surface area contributed by atoms with Crippen molar-refractivity contribution >= 4 is 33.9 Å². The van der Waals surface area contributed by atoms with Crippen LogP contribution in [0.15, 0.2) is 51.6 Å². The summed E-state index contributed by atoms with van der Waals surface area (Å²) in [6.07, 6.45) is 3.41. The normalized spacial score (nSPS) is 12.1. The summed E-state index contributed by atoms with van der Waals surface area (Å²) in [6.45, 7) is 6.19. The number of pyridine rings is 1. The number of aromatic nitrogens is 5. The lowest BCUT2D eigenvalue weighted by Gasteiger charge is -2.05. The zero-order valence-electron chi connectivity index (χ0n) is 15.6. The SMILES string of the molecule is Cc1ccc(Nc2nnc(SC(C)c3nc(-c4ccncc4)no3)s2)cc1C. The minimum atomic E-state index is -0.0366. The molecule has 3 aromatic heterocycles. The number of hydrogen-bond donors (Lipinski definition) is 1. The molecule has 0 saturated carbocycles. The van der Waals surface area contributed by atoms with Gasteiger partial charge < -0.3 is 9.84 Å². The van der Waals surface area contributed by atoms with E-state index in [1.54, 1.807) is 12.4 Å². The molecule has 3 heterocycles. The van der Waals surface area contributed by atoms with Gasteiger partial charge in [0.2, 0.25) is 16.8 Å². The fourth-order valence-electron chi connectivity index (χ4n) is 2.47. The van der Waals surface area contributed by atoms with Gasteiger partial charge in [-0.2, -0.15) is 4.98 Å². The first kappa shape index (κ1) is 18.6. The maximum atomic E-state index is 5.42. The first-order valence-corrected chi connectivity index (χ1v) is 10.4. The predicted molar refractivity (Wildman–Crippen MR) is 111 cm³/mol. The average Bonchev–Trinajstić information content (AvgIpc) is 3.35. The van der Waals surface area contributed by atoms with Gasteiger partial charge in [0.15, 0.2) is 4.34 Å². The van der Waals surface area contributed by atoms with Gasteiger partial charge >= 0.3 is 0 Å². The molecular formula is C19H18N6OS2. The van der Waals surface area contributed by atoms with Gasteiger partial charge in [0.1, 0.15) is 0 Å². The van der Waals surface area contributed by atoms with E-state index in [0.717, 1.165) is 20.7 Å². The Morgan fingerprint density at radius 3 is 2.68 bits per heavy atom. The van der Waals surface area contributed by atoms with Gasteiger partial charge in [-0.05, 0) is 56.2 Å². The fraction of sp³-hybridized carbons (Fsp3) is 0.211. The van der Waals surface area contributed by atoms with Gasteiger partial charge in [-0.25, -0.2) is 0 Å². The Morgan fingerprint density at radius 1 is 1.07 bits per heavy atom. The summed E-state index contributed by atoms with van der Waals surface area (Å²) < 4.78 is 6.25. The minimum absolute atomic E-state index is 0.0366. The van der Waals surface area contributed by atoms with Crippen molar-refractivity contribution in [2.75, 3.05) is 5.32 Å². The number of hydrogen-bond acceptors (Lipinski definition) is 9. The number of aryl methyl sites for hydroxylation is 2. The molecule has 1 aromatic carbocycles. The van der Waals surface area contributed by atoms with Crippen LogP contribution in [0.2, 0.25) is 0 Å². The smallest absolute Gasteiger partial charge is 0.240 e. The van der Waals surface area contributed by atoms with Crippen molar-refractivity contribution in [2.24, 2.45) is 0 Å². The molecule has 0 bridgehead atoms. The van der Waals surface area contributed by atoms with Gasteiger partial charge in [0.05, 0.1) is 5.25 Å². The van der Waals surface area contributed by atoms with Crippen LogP contribution in [0.25, 0.3) is 11.4 Å². The van der Waals surface area contributed by atoms with Crippen molar-refractivity contribution in [3.8, 4) is 11.4 Å². The zero-order chi connectivity index (χ0) is 19.5. The molecule has 1 unspecified atom stereocenters. The van der Waals surface area contributed by atoms with Crippen molar-refractivity contribution < 1.29 is 4.52 Å². The monoisotopic (exact) mass is 410 g/mol. The lowest BCUT2D eigenvalue weighted by molar-refractivity contribution is 0.381. The standard InChI is InChI=1S/C19H18N6OS2/c1-11-4-5-15(10-12(11)2)21-18-23-24-19(28-18)27-13(3)17-22-16(25-26-17)14-6-8-20-9-7-14/h4-10,13H,1-3H3,(H,21,23). The summed E-state index contributed by atoms with van der Waals surface area (Å²) in [5.41, 5.74) is 4.37. The molecule has 1 N–H and O–H groups in total. The molecule has 7 nitrogen and oxygen atoms in total. The molecule has 0 spiro atoms. The minimum Gasteiger partial charge on any atom is -0.338 e. The summed E-state index contributed by atoms with van der Waals surface area (Å²) in [5.74, 6) is 1.11. The summed E-state index contributed by atoms with van der Waals surface area (Å²) in [4.78, 5) is 8.48. The highest BCUT2D eigenvalue weighted by Gasteiger charge is 2.19.